The number of likely N-dealkylation sites (N-methyl/N-ethyl adjacent to an activating group) is 1. The van der Waals surface area contributed by atoms with Crippen molar-refractivity contribution >= 4 is 27.5 Å². The Morgan fingerprint density at radius 1 is 1.10 bits per heavy atom. The van der Waals surface area contributed by atoms with E-state index < -0.39 is 0 Å². The third kappa shape index (κ3) is 5.03. The fourth-order valence-corrected chi connectivity index (χ4v) is 5.04. The summed E-state index contributed by atoms with van der Waals surface area (Å²) in [5, 5.41) is 0.646. The minimum atomic E-state index is -0.0816. The van der Waals surface area contributed by atoms with Gasteiger partial charge < -0.3 is 9.88 Å². The molecule has 31 heavy (non-hydrogen) atoms. The zero-order chi connectivity index (χ0) is 21.8. The summed E-state index contributed by atoms with van der Waals surface area (Å²) < 4.78 is 0. The number of nitrogens with one attached hydrogen (secondary N) is 1. The predicted octanol–water partition coefficient (Wildman–Crippen LogP) is 2.64. The van der Waals surface area contributed by atoms with Crippen molar-refractivity contribution in [2.75, 3.05) is 45.8 Å². The Bertz CT molecular complexity index is 1080. The van der Waals surface area contributed by atoms with Crippen LogP contribution in [0.4, 0.5) is 0 Å². The van der Waals surface area contributed by atoms with E-state index in [9.17, 15) is 9.59 Å². The van der Waals surface area contributed by atoms with Gasteiger partial charge in [0.1, 0.15) is 10.7 Å². The molecule has 1 N–H and O–H groups in total. The highest BCUT2D eigenvalue weighted by atomic mass is 32.1. The Labute approximate surface area is 186 Å². The zero-order valence-electron chi connectivity index (χ0n) is 18.1. The first-order chi connectivity index (χ1) is 15.1. The average molecular weight is 440 g/mol. The average Bonchev–Trinajstić information content (AvgIpc) is 3.21. The molecule has 0 radical (unpaired) electrons. The second-order valence-electron chi connectivity index (χ2n) is 7.83. The van der Waals surface area contributed by atoms with Crippen LogP contribution in [-0.4, -0.2) is 76.4 Å². The van der Waals surface area contributed by atoms with E-state index >= 15 is 0 Å². The summed E-state index contributed by atoms with van der Waals surface area (Å²) in [4.78, 5) is 40.9. The van der Waals surface area contributed by atoms with Crippen LogP contribution in [-0.2, 0) is 11.3 Å². The van der Waals surface area contributed by atoms with Gasteiger partial charge in [-0.15, -0.1) is 11.3 Å². The van der Waals surface area contributed by atoms with Crippen LogP contribution in [0.2, 0.25) is 0 Å². The quantitative estimate of drug-likeness (QED) is 0.613. The Kier molecular flexibility index (Phi) is 6.80. The molecule has 3 heterocycles. The highest BCUT2D eigenvalue weighted by Gasteiger charge is 2.21. The molecule has 1 aromatic carbocycles. The Morgan fingerprint density at radius 3 is 2.45 bits per heavy atom. The molecule has 8 heteroatoms. The Balaban J connectivity index is 1.39. The molecule has 3 aromatic rings. The van der Waals surface area contributed by atoms with E-state index in [-0.39, 0.29) is 11.5 Å². The lowest BCUT2D eigenvalue weighted by atomic mass is 10.2. The van der Waals surface area contributed by atoms with Crippen LogP contribution < -0.4 is 5.56 Å². The van der Waals surface area contributed by atoms with Crippen molar-refractivity contribution < 1.29 is 4.79 Å². The molecule has 0 aliphatic carbocycles. The number of carbonyl (C=O) groups is 1. The van der Waals surface area contributed by atoms with Gasteiger partial charge in [0.2, 0.25) is 5.91 Å². The molecule has 1 fully saturated rings. The highest BCUT2D eigenvalue weighted by molar-refractivity contribution is 7.21. The van der Waals surface area contributed by atoms with Crippen LogP contribution in [0.25, 0.3) is 20.7 Å². The molecule has 0 spiro atoms. The molecule has 164 valence electrons. The van der Waals surface area contributed by atoms with Crippen molar-refractivity contribution in [3.8, 4) is 10.4 Å². The van der Waals surface area contributed by atoms with E-state index in [0.717, 1.165) is 54.5 Å². The molecular formula is C23H29N5O2S. The summed E-state index contributed by atoms with van der Waals surface area (Å²) in [5.74, 6) is 0.897. The summed E-state index contributed by atoms with van der Waals surface area (Å²) in [7, 11) is 0. The summed E-state index contributed by atoms with van der Waals surface area (Å²) in [6, 6.07) is 12.0. The molecule has 1 saturated heterocycles. The maximum absolute atomic E-state index is 12.6. The number of amides is 1. The van der Waals surface area contributed by atoms with Crippen LogP contribution in [0.3, 0.4) is 0 Å². The molecule has 1 aliphatic rings. The standard InChI is InChI=1S/C23H29N5O2S/c1-3-28(4-2)21(29)16-27-12-10-26(11-13-27)15-20-24-22(30)18-14-19(31-23(18)25-20)17-8-6-5-7-9-17/h5-9,14H,3-4,10-13,15-16H2,1-2H3,(H,24,25,30). The van der Waals surface area contributed by atoms with Gasteiger partial charge in [-0.2, -0.15) is 0 Å². The van der Waals surface area contributed by atoms with E-state index in [2.05, 4.69) is 14.8 Å². The first-order valence-corrected chi connectivity index (χ1v) is 11.7. The molecular weight excluding hydrogens is 410 g/mol. The van der Waals surface area contributed by atoms with Crippen molar-refractivity contribution in [3.05, 3.63) is 52.6 Å². The molecule has 1 amide bonds. The largest absolute Gasteiger partial charge is 0.342 e. The summed E-state index contributed by atoms with van der Waals surface area (Å²) in [6.07, 6.45) is 0. The molecule has 0 atom stereocenters. The normalized spacial score (nSPS) is 15.4. The fraction of sp³-hybridized carbons (Fsp3) is 0.435. The van der Waals surface area contributed by atoms with E-state index in [1.807, 2.05) is 55.1 Å². The Morgan fingerprint density at radius 2 is 1.77 bits per heavy atom. The smallest absolute Gasteiger partial charge is 0.259 e. The lowest BCUT2D eigenvalue weighted by Gasteiger charge is -2.34. The van der Waals surface area contributed by atoms with Crippen molar-refractivity contribution in [3.63, 3.8) is 0 Å². The first kappa shape index (κ1) is 21.7. The molecule has 7 nitrogen and oxygen atoms in total. The van der Waals surface area contributed by atoms with Gasteiger partial charge in [-0.05, 0) is 25.5 Å². The maximum atomic E-state index is 12.6. The number of benzene rings is 1. The molecule has 1 aliphatic heterocycles. The van der Waals surface area contributed by atoms with E-state index in [4.69, 9.17) is 4.98 Å². The SMILES string of the molecule is CCN(CC)C(=O)CN1CCN(Cc2nc3sc(-c4ccccc4)cc3c(=O)[nH]2)CC1. The number of piperazine rings is 1. The monoisotopic (exact) mass is 439 g/mol. The van der Waals surface area contributed by atoms with Crippen molar-refractivity contribution in [2.24, 2.45) is 0 Å². The van der Waals surface area contributed by atoms with Crippen LogP contribution in [0.15, 0.2) is 41.2 Å². The number of fused-ring (bicyclic) bond motifs is 1. The third-order valence-electron chi connectivity index (χ3n) is 5.82. The maximum Gasteiger partial charge on any atom is 0.259 e. The minimum absolute atomic E-state index is 0.0816. The third-order valence-corrected chi connectivity index (χ3v) is 6.90. The van der Waals surface area contributed by atoms with Crippen molar-refractivity contribution in [1.82, 2.24) is 24.7 Å². The molecule has 2 aromatic heterocycles. The topological polar surface area (TPSA) is 72.5 Å². The summed E-state index contributed by atoms with van der Waals surface area (Å²) >= 11 is 1.55. The van der Waals surface area contributed by atoms with Gasteiger partial charge >= 0.3 is 0 Å². The van der Waals surface area contributed by atoms with Crippen LogP contribution >= 0.6 is 11.3 Å². The number of hydrogen-bond donors (Lipinski definition) is 1. The van der Waals surface area contributed by atoms with Gasteiger partial charge in [-0.3, -0.25) is 19.4 Å². The van der Waals surface area contributed by atoms with Crippen LogP contribution in [0, 0.1) is 0 Å². The lowest BCUT2D eigenvalue weighted by molar-refractivity contribution is -0.132. The van der Waals surface area contributed by atoms with Gasteiger partial charge in [-0.25, -0.2) is 4.98 Å². The number of thiophene rings is 1. The second kappa shape index (κ2) is 9.72. The first-order valence-electron chi connectivity index (χ1n) is 10.9. The molecule has 0 saturated carbocycles. The predicted molar refractivity (Wildman–Crippen MR) is 125 cm³/mol. The summed E-state index contributed by atoms with van der Waals surface area (Å²) in [5.41, 5.74) is 1.02. The number of carbonyl (C=O) groups excluding carboxylic acids is 1. The fourth-order valence-electron chi connectivity index (χ4n) is 3.98. The zero-order valence-corrected chi connectivity index (χ0v) is 19.0. The van der Waals surface area contributed by atoms with E-state index in [0.29, 0.717) is 24.3 Å². The van der Waals surface area contributed by atoms with Gasteiger partial charge in [0.05, 0.1) is 18.5 Å². The number of rotatable bonds is 7. The highest BCUT2D eigenvalue weighted by Crippen LogP contribution is 2.30. The van der Waals surface area contributed by atoms with Crippen LogP contribution in [0.5, 0.6) is 0 Å². The number of nitrogens with zero attached hydrogens (tertiary/aromatic N) is 4. The lowest BCUT2D eigenvalue weighted by Crippen LogP contribution is -2.49. The molecule has 0 unspecified atom stereocenters. The number of hydrogen-bond acceptors (Lipinski definition) is 6. The minimum Gasteiger partial charge on any atom is -0.342 e. The van der Waals surface area contributed by atoms with Gasteiger partial charge in [0.15, 0.2) is 0 Å². The number of aromatic amines is 1. The Hall–Kier alpha value is -2.55. The van der Waals surface area contributed by atoms with Crippen molar-refractivity contribution in [1.29, 1.82) is 0 Å². The van der Waals surface area contributed by atoms with Gasteiger partial charge in [0.25, 0.3) is 5.56 Å². The van der Waals surface area contributed by atoms with Gasteiger partial charge in [0, 0.05) is 44.1 Å². The second-order valence-corrected chi connectivity index (χ2v) is 8.86. The summed E-state index contributed by atoms with van der Waals surface area (Å²) in [6.45, 7) is 10.0. The number of aromatic nitrogens is 2. The molecule has 0 bridgehead atoms. The van der Waals surface area contributed by atoms with E-state index in [1.165, 1.54) is 0 Å². The van der Waals surface area contributed by atoms with Crippen molar-refractivity contribution in [2.45, 2.75) is 20.4 Å². The van der Waals surface area contributed by atoms with E-state index in [1.54, 1.807) is 11.3 Å². The number of H-pyrrole nitrogens is 1. The molecule has 4 rings (SSSR count). The van der Waals surface area contributed by atoms with Gasteiger partial charge in [-0.1, -0.05) is 30.3 Å². The van der Waals surface area contributed by atoms with Crippen LogP contribution in [0.1, 0.15) is 19.7 Å².